The van der Waals surface area contributed by atoms with Gasteiger partial charge in [-0.3, -0.25) is 13.9 Å². The maximum absolute atomic E-state index is 13.3. The van der Waals surface area contributed by atoms with Gasteiger partial charge in [0, 0.05) is 31.1 Å². The van der Waals surface area contributed by atoms with Crippen LogP contribution in [-0.4, -0.2) is 57.1 Å². The van der Waals surface area contributed by atoms with Crippen LogP contribution >= 0.6 is 11.6 Å². The number of hydrogen-bond donors (Lipinski definition) is 1. The normalized spacial score (nSPS) is 12.1. The van der Waals surface area contributed by atoms with Gasteiger partial charge in [0.1, 0.15) is 6.04 Å². The fourth-order valence-electron chi connectivity index (χ4n) is 3.82. The molecule has 9 heteroatoms. The monoisotopic (exact) mass is 507 g/mol. The molecule has 0 saturated heterocycles. The van der Waals surface area contributed by atoms with Crippen LogP contribution in [0.1, 0.15) is 38.7 Å². The Balaban J connectivity index is 2.13. The van der Waals surface area contributed by atoms with E-state index in [1.54, 1.807) is 29.2 Å². The van der Waals surface area contributed by atoms with Crippen molar-refractivity contribution in [2.24, 2.45) is 0 Å². The zero-order valence-electron chi connectivity index (χ0n) is 20.0. The molecule has 0 aromatic heterocycles. The molecular formula is C25H34ClN3O4S. The summed E-state index contributed by atoms with van der Waals surface area (Å²) < 4.78 is 26.0. The number of hydrogen-bond acceptors (Lipinski definition) is 4. The Hall–Kier alpha value is -2.58. The first kappa shape index (κ1) is 27.7. The SMILES string of the molecule is CCNC(=O)[C@@H](CC)N(CCc1ccccc1)C(=O)CCCN(c1cccc(Cl)c1)S(C)(=O)=O. The van der Waals surface area contributed by atoms with Crippen LogP contribution in [0.15, 0.2) is 54.6 Å². The second kappa shape index (κ2) is 13.3. The highest BCUT2D eigenvalue weighted by Gasteiger charge is 2.28. The Bertz CT molecular complexity index is 1050. The number of halogens is 1. The highest BCUT2D eigenvalue weighted by atomic mass is 35.5. The third-order valence-electron chi connectivity index (χ3n) is 5.47. The van der Waals surface area contributed by atoms with Crippen molar-refractivity contribution in [1.82, 2.24) is 10.2 Å². The van der Waals surface area contributed by atoms with Gasteiger partial charge in [0.05, 0.1) is 11.9 Å². The minimum atomic E-state index is -3.56. The molecule has 2 aromatic rings. The van der Waals surface area contributed by atoms with Crippen molar-refractivity contribution in [2.75, 3.05) is 30.2 Å². The van der Waals surface area contributed by atoms with E-state index in [1.165, 1.54) is 4.31 Å². The van der Waals surface area contributed by atoms with Crippen LogP contribution in [0.2, 0.25) is 5.02 Å². The number of sulfonamides is 1. The number of amides is 2. The molecule has 0 unspecified atom stereocenters. The van der Waals surface area contributed by atoms with Crippen LogP contribution in [0.25, 0.3) is 0 Å². The first-order valence-electron chi connectivity index (χ1n) is 11.5. The summed E-state index contributed by atoms with van der Waals surface area (Å²) in [5.74, 6) is -0.350. The third kappa shape index (κ3) is 8.33. The molecule has 34 heavy (non-hydrogen) atoms. The number of nitrogens with one attached hydrogen (secondary N) is 1. The lowest BCUT2D eigenvalue weighted by Crippen LogP contribution is -2.50. The van der Waals surface area contributed by atoms with E-state index in [2.05, 4.69) is 5.32 Å². The highest BCUT2D eigenvalue weighted by molar-refractivity contribution is 7.92. The van der Waals surface area contributed by atoms with Crippen LogP contribution in [-0.2, 0) is 26.0 Å². The fraction of sp³-hybridized carbons (Fsp3) is 0.440. The van der Waals surface area contributed by atoms with Gasteiger partial charge in [-0.15, -0.1) is 0 Å². The quantitative estimate of drug-likeness (QED) is 0.446. The maximum Gasteiger partial charge on any atom is 0.242 e. The van der Waals surface area contributed by atoms with Crippen LogP contribution in [0.4, 0.5) is 5.69 Å². The van der Waals surface area contributed by atoms with E-state index in [0.717, 1.165) is 11.8 Å². The summed E-state index contributed by atoms with van der Waals surface area (Å²) in [4.78, 5) is 27.5. The molecule has 186 valence electrons. The van der Waals surface area contributed by atoms with Gasteiger partial charge in [0.2, 0.25) is 21.8 Å². The summed E-state index contributed by atoms with van der Waals surface area (Å²) >= 11 is 6.04. The molecule has 2 rings (SSSR count). The Morgan fingerprint density at radius 1 is 1.03 bits per heavy atom. The van der Waals surface area contributed by atoms with E-state index >= 15 is 0 Å². The van der Waals surface area contributed by atoms with Crippen molar-refractivity contribution in [3.05, 3.63) is 65.2 Å². The molecule has 0 aliphatic rings. The fourth-order valence-corrected chi connectivity index (χ4v) is 4.96. The number of benzene rings is 2. The number of likely N-dealkylation sites (N-methyl/N-ethyl adjacent to an activating group) is 1. The van der Waals surface area contributed by atoms with Crippen LogP contribution in [0.3, 0.4) is 0 Å². The van der Waals surface area contributed by atoms with Gasteiger partial charge in [0.15, 0.2) is 0 Å². The predicted molar refractivity (Wildman–Crippen MR) is 137 cm³/mol. The summed E-state index contributed by atoms with van der Waals surface area (Å²) in [6, 6.07) is 15.8. The lowest BCUT2D eigenvalue weighted by Gasteiger charge is -2.31. The largest absolute Gasteiger partial charge is 0.355 e. The van der Waals surface area contributed by atoms with Crippen molar-refractivity contribution >= 4 is 39.1 Å². The molecule has 0 spiro atoms. The molecule has 0 aliphatic heterocycles. The summed E-state index contributed by atoms with van der Waals surface area (Å²) in [5, 5.41) is 3.25. The van der Waals surface area contributed by atoms with Crippen LogP contribution in [0.5, 0.6) is 0 Å². The highest BCUT2D eigenvalue weighted by Crippen LogP contribution is 2.22. The molecule has 1 N–H and O–H groups in total. The van der Waals surface area contributed by atoms with Gasteiger partial charge >= 0.3 is 0 Å². The molecule has 2 aromatic carbocycles. The molecule has 1 atom stereocenters. The van der Waals surface area contributed by atoms with Gasteiger partial charge in [-0.1, -0.05) is 54.9 Å². The van der Waals surface area contributed by atoms with Crippen molar-refractivity contribution in [3.8, 4) is 0 Å². The van der Waals surface area contributed by atoms with E-state index in [0.29, 0.717) is 43.1 Å². The minimum Gasteiger partial charge on any atom is -0.355 e. The first-order valence-corrected chi connectivity index (χ1v) is 13.7. The van der Waals surface area contributed by atoms with E-state index in [1.807, 2.05) is 44.2 Å². The van der Waals surface area contributed by atoms with Crippen molar-refractivity contribution < 1.29 is 18.0 Å². The molecule has 0 radical (unpaired) electrons. The first-order chi connectivity index (χ1) is 16.2. The molecular weight excluding hydrogens is 474 g/mol. The molecule has 0 heterocycles. The summed E-state index contributed by atoms with van der Waals surface area (Å²) in [6.45, 7) is 4.75. The Kier molecular flexibility index (Phi) is 10.9. The predicted octanol–water partition coefficient (Wildman–Crippen LogP) is 3.87. The maximum atomic E-state index is 13.3. The van der Waals surface area contributed by atoms with Gasteiger partial charge in [0.25, 0.3) is 0 Å². The van der Waals surface area contributed by atoms with E-state index < -0.39 is 16.1 Å². The third-order valence-corrected chi connectivity index (χ3v) is 6.90. The number of nitrogens with zero attached hydrogens (tertiary/aromatic N) is 2. The molecule has 0 bridgehead atoms. The van der Waals surface area contributed by atoms with Crippen LogP contribution in [0, 0.1) is 0 Å². The van der Waals surface area contributed by atoms with E-state index in [4.69, 9.17) is 11.6 Å². The average molecular weight is 508 g/mol. The van der Waals surface area contributed by atoms with Crippen LogP contribution < -0.4 is 9.62 Å². The Labute approximate surface area is 208 Å². The molecule has 2 amide bonds. The Morgan fingerprint density at radius 2 is 1.74 bits per heavy atom. The summed E-state index contributed by atoms with van der Waals surface area (Å²) in [5.41, 5.74) is 1.53. The van der Waals surface area contributed by atoms with Crippen molar-refractivity contribution in [1.29, 1.82) is 0 Å². The Morgan fingerprint density at radius 3 is 2.32 bits per heavy atom. The smallest absolute Gasteiger partial charge is 0.242 e. The molecule has 7 nitrogen and oxygen atoms in total. The second-order valence-electron chi connectivity index (χ2n) is 8.06. The van der Waals surface area contributed by atoms with Gasteiger partial charge in [-0.05, 0) is 49.9 Å². The van der Waals surface area contributed by atoms with Crippen molar-refractivity contribution in [2.45, 2.75) is 45.6 Å². The van der Waals surface area contributed by atoms with Gasteiger partial charge < -0.3 is 10.2 Å². The summed E-state index contributed by atoms with van der Waals surface area (Å²) in [6.07, 6.45) is 2.68. The topological polar surface area (TPSA) is 86.8 Å². The molecule has 0 fully saturated rings. The van der Waals surface area contributed by atoms with Gasteiger partial charge in [-0.25, -0.2) is 8.42 Å². The minimum absolute atomic E-state index is 0.122. The standard InChI is InChI=1S/C25H34ClN3O4S/c1-4-23(25(31)27-5-2)28(18-16-20-11-7-6-8-12-20)24(30)15-10-17-29(34(3,32)33)22-14-9-13-21(26)19-22/h6-9,11-14,19,23H,4-5,10,15-18H2,1-3H3,(H,27,31)/t23-/m1/s1. The summed E-state index contributed by atoms with van der Waals surface area (Å²) in [7, 11) is -3.56. The second-order valence-corrected chi connectivity index (χ2v) is 10.4. The van der Waals surface area contributed by atoms with Crippen molar-refractivity contribution in [3.63, 3.8) is 0 Å². The zero-order valence-corrected chi connectivity index (χ0v) is 21.6. The number of carbonyl (C=O) groups is 2. The lowest BCUT2D eigenvalue weighted by molar-refractivity contribution is -0.140. The number of rotatable bonds is 13. The van der Waals surface area contributed by atoms with Gasteiger partial charge in [-0.2, -0.15) is 0 Å². The zero-order chi connectivity index (χ0) is 25.1. The molecule has 0 aliphatic carbocycles. The number of anilines is 1. The molecule has 0 saturated carbocycles. The lowest BCUT2D eigenvalue weighted by atomic mass is 10.1. The average Bonchev–Trinajstić information content (AvgIpc) is 2.79. The van der Waals surface area contributed by atoms with E-state index in [-0.39, 0.29) is 24.8 Å². The van der Waals surface area contributed by atoms with E-state index in [9.17, 15) is 18.0 Å². The number of carbonyl (C=O) groups excluding carboxylic acids is 2.